The van der Waals surface area contributed by atoms with Gasteiger partial charge in [0.25, 0.3) is 0 Å². The van der Waals surface area contributed by atoms with Crippen molar-refractivity contribution in [2.24, 2.45) is 11.8 Å². The van der Waals surface area contributed by atoms with Crippen LogP contribution < -0.4 is 5.32 Å². The highest BCUT2D eigenvalue weighted by molar-refractivity contribution is 5.82. The van der Waals surface area contributed by atoms with Crippen LogP contribution in [0.2, 0.25) is 0 Å². The molecule has 2 atom stereocenters. The monoisotopic (exact) mass is 327 g/mol. The average molecular weight is 327 g/mol. The van der Waals surface area contributed by atoms with Crippen LogP contribution in [0.1, 0.15) is 36.4 Å². The van der Waals surface area contributed by atoms with Crippen LogP contribution in [-0.2, 0) is 9.53 Å². The number of likely N-dealkylation sites (tertiary alicyclic amines) is 1. The molecule has 1 aliphatic carbocycles. The average Bonchev–Trinajstić information content (AvgIpc) is 3.36. The summed E-state index contributed by atoms with van der Waals surface area (Å²) in [6.07, 6.45) is 3.41. The Labute approximate surface area is 143 Å². The number of carbonyl (C=O) groups is 1. The molecule has 2 aliphatic rings. The fourth-order valence-electron chi connectivity index (χ4n) is 3.44. The first-order valence-electron chi connectivity index (χ1n) is 8.74. The second kappa shape index (κ2) is 7.78. The first-order chi connectivity index (χ1) is 11.7. The molecule has 0 unspecified atom stereocenters. The first kappa shape index (κ1) is 16.9. The summed E-state index contributed by atoms with van der Waals surface area (Å²) in [7, 11) is 1.68. The third kappa shape index (κ3) is 3.95. The lowest BCUT2D eigenvalue weighted by molar-refractivity contribution is -0.132. The summed E-state index contributed by atoms with van der Waals surface area (Å²) >= 11 is 0. The largest absolute Gasteiger partial charge is 0.383 e. The highest BCUT2D eigenvalue weighted by Gasteiger charge is 2.39. The minimum absolute atomic E-state index is 0.0235. The molecule has 5 heteroatoms. The van der Waals surface area contributed by atoms with Crippen LogP contribution in [0, 0.1) is 23.2 Å². The summed E-state index contributed by atoms with van der Waals surface area (Å²) in [6.45, 7) is 3.10. The SMILES string of the molecule is COCCN[C@@H](c1ccc(C#N)cc1)[C@@H]1CCN(CC2CC2)C1=O. The highest BCUT2D eigenvalue weighted by atomic mass is 16.5. The molecule has 1 saturated carbocycles. The molecule has 3 rings (SSSR count). The number of nitrogens with zero attached hydrogens (tertiary/aromatic N) is 2. The van der Waals surface area contributed by atoms with Crippen molar-refractivity contribution in [3.05, 3.63) is 35.4 Å². The van der Waals surface area contributed by atoms with E-state index in [9.17, 15) is 4.79 Å². The van der Waals surface area contributed by atoms with Crippen molar-refractivity contribution in [3.8, 4) is 6.07 Å². The van der Waals surface area contributed by atoms with E-state index in [0.29, 0.717) is 18.7 Å². The molecular formula is C19H25N3O2. The van der Waals surface area contributed by atoms with Crippen molar-refractivity contribution in [3.63, 3.8) is 0 Å². The van der Waals surface area contributed by atoms with Gasteiger partial charge in [-0.3, -0.25) is 4.79 Å². The Kier molecular flexibility index (Phi) is 5.49. The highest BCUT2D eigenvalue weighted by Crippen LogP contribution is 2.35. The number of nitriles is 1. The van der Waals surface area contributed by atoms with Gasteiger partial charge in [0, 0.05) is 32.8 Å². The van der Waals surface area contributed by atoms with Crippen molar-refractivity contribution in [1.29, 1.82) is 5.26 Å². The maximum absolute atomic E-state index is 12.8. The van der Waals surface area contributed by atoms with Crippen LogP contribution in [0.5, 0.6) is 0 Å². The number of benzene rings is 1. The summed E-state index contributed by atoms with van der Waals surface area (Å²) in [5.74, 6) is 0.956. The molecule has 2 fully saturated rings. The lowest BCUT2D eigenvalue weighted by Crippen LogP contribution is -2.36. The number of carbonyl (C=O) groups excluding carboxylic acids is 1. The Morgan fingerprint density at radius 1 is 1.33 bits per heavy atom. The molecule has 1 aromatic rings. The van der Waals surface area contributed by atoms with E-state index in [0.717, 1.165) is 31.0 Å². The molecule has 1 heterocycles. The smallest absolute Gasteiger partial charge is 0.227 e. The Balaban J connectivity index is 1.73. The van der Waals surface area contributed by atoms with E-state index >= 15 is 0 Å². The number of hydrogen-bond acceptors (Lipinski definition) is 4. The number of hydrogen-bond donors (Lipinski definition) is 1. The van der Waals surface area contributed by atoms with E-state index in [-0.39, 0.29) is 17.9 Å². The van der Waals surface area contributed by atoms with Gasteiger partial charge in [0.1, 0.15) is 0 Å². The quantitative estimate of drug-likeness (QED) is 0.743. The maximum atomic E-state index is 12.8. The number of rotatable bonds is 8. The minimum Gasteiger partial charge on any atom is -0.383 e. The molecule has 1 aromatic carbocycles. The summed E-state index contributed by atoms with van der Waals surface area (Å²) in [4.78, 5) is 14.9. The van der Waals surface area contributed by atoms with Crippen LogP contribution >= 0.6 is 0 Å². The van der Waals surface area contributed by atoms with Gasteiger partial charge in [0.05, 0.1) is 24.2 Å². The Morgan fingerprint density at radius 3 is 2.71 bits per heavy atom. The van der Waals surface area contributed by atoms with Crippen molar-refractivity contribution in [2.75, 3.05) is 33.4 Å². The van der Waals surface area contributed by atoms with Crippen LogP contribution in [-0.4, -0.2) is 44.2 Å². The molecule has 24 heavy (non-hydrogen) atoms. The molecule has 1 aliphatic heterocycles. The van der Waals surface area contributed by atoms with Gasteiger partial charge in [-0.15, -0.1) is 0 Å². The van der Waals surface area contributed by atoms with Crippen LogP contribution in [0.3, 0.4) is 0 Å². The zero-order valence-corrected chi connectivity index (χ0v) is 14.2. The van der Waals surface area contributed by atoms with Gasteiger partial charge in [-0.1, -0.05) is 12.1 Å². The van der Waals surface area contributed by atoms with Gasteiger partial charge in [-0.2, -0.15) is 5.26 Å². The zero-order valence-electron chi connectivity index (χ0n) is 14.2. The summed E-state index contributed by atoms with van der Waals surface area (Å²) in [5, 5.41) is 12.5. The van der Waals surface area contributed by atoms with E-state index in [1.165, 1.54) is 12.8 Å². The fourth-order valence-corrected chi connectivity index (χ4v) is 3.44. The van der Waals surface area contributed by atoms with Gasteiger partial charge >= 0.3 is 0 Å². The van der Waals surface area contributed by atoms with Crippen molar-refractivity contribution >= 4 is 5.91 Å². The van der Waals surface area contributed by atoms with E-state index in [4.69, 9.17) is 10.00 Å². The predicted molar refractivity (Wildman–Crippen MR) is 91.2 cm³/mol. The van der Waals surface area contributed by atoms with Crippen molar-refractivity contribution in [1.82, 2.24) is 10.2 Å². The normalized spacial score (nSPS) is 21.8. The minimum atomic E-state index is -0.0338. The van der Waals surface area contributed by atoms with E-state index in [2.05, 4.69) is 11.4 Å². The van der Waals surface area contributed by atoms with Crippen LogP contribution in [0.4, 0.5) is 0 Å². The third-order valence-electron chi connectivity index (χ3n) is 4.99. The molecule has 5 nitrogen and oxygen atoms in total. The number of nitrogens with one attached hydrogen (secondary N) is 1. The fraction of sp³-hybridized carbons (Fsp3) is 0.579. The molecule has 1 amide bonds. The van der Waals surface area contributed by atoms with E-state index in [1.54, 1.807) is 7.11 Å². The second-order valence-corrected chi connectivity index (χ2v) is 6.78. The number of methoxy groups -OCH3 is 1. The predicted octanol–water partition coefficient (Wildman–Crippen LogP) is 2.09. The van der Waals surface area contributed by atoms with Gasteiger partial charge in [-0.05, 0) is 42.9 Å². The second-order valence-electron chi connectivity index (χ2n) is 6.78. The van der Waals surface area contributed by atoms with Gasteiger partial charge in [0.15, 0.2) is 0 Å². The molecule has 0 spiro atoms. The van der Waals surface area contributed by atoms with Crippen molar-refractivity contribution in [2.45, 2.75) is 25.3 Å². The molecule has 128 valence electrons. The molecule has 0 aromatic heterocycles. The van der Waals surface area contributed by atoms with Gasteiger partial charge in [0.2, 0.25) is 5.91 Å². The zero-order chi connectivity index (χ0) is 16.9. The first-order valence-corrected chi connectivity index (χ1v) is 8.74. The van der Waals surface area contributed by atoms with Gasteiger partial charge in [-0.25, -0.2) is 0 Å². The lowest BCUT2D eigenvalue weighted by atomic mass is 9.91. The van der Waals surface area contributed by atoms with Gasteiger partial charge < -0.3 is 15.0 Å². The van der Waals surface area contributed by atoms with Crippen LogP contribution in [0.15, 0.2) is 24.3 Å². The topological polar surface area (TPSA) is 65.4 Å². The van der Waals surface area contributed by atoms with E-state index in [1.807, 2.05) is 29.2 Å². The Morgan fingerprint density at radius 2 is 2.08 bits per heavy atom. The summed E-state index contributed by atoms with van der Waals surface area (Å²) < 4.78 is 5.14. The number of ether oxygens (including phenoxy) is 1. The summed E-state index contributed by atoms with van der Waals surface area (Å²) in [5.41, 5.74) is 1.71. The number of amides is 1. The summed E-state index contributed by atoms with van der Waals surface area (Å²) in [6, 6.07) is 9.68. The standard InChI is InChI=1S/C19H25N3O2/c1-24-11-9-21-18(16-6-4-14(12-20)5-7-16)17-8-10-22(19(17)23)13-15-2-3-15/h4-7,15,17-18,21H,2-3,8-11,13H2,1H3/t17-,18-/m0/s1. The third-order valence-corrected chi connectivity index (χ3v) is 4.99. The van der Waals surface area contributed by atoms with E-state index < -0.39 is 0 Å². The molecular weight excluding hydrogens is 302 g/mol. The lowest BCUT2D eigenvalue weighted by Gasteiger charge is -2.25. The molecule has 1 N–H and O–H groups in total. The van der Waals surface area contributed by atoms with Crippen molar-refractivity contribution < 1.29 is 9.53 Å². The molecule has 0 bridgehead atoms. The molecule has 0 radical (unpaired) electrons. The Bertz CT molecular complexity index is 604. The Hall–Kier alpha value is -1.90. The molecule has 1 saturated heterocycles. The maximum Gasteiger partial charge on any atom is 0.227 e. The van der Waals surface area contributed by atoms with Crippen LogP contribution in [0.25, 0.3) is 0 Å².